The third-order valence-electron chi connectivity index (χ3n) is 4.65. The van der Waals surface area contributed by atoms with Gasteiger partial charge in [-0.2, -0.15) is 0 Å². The number of likely N-dealkylation sites (tertiary alicyclic amines) is 1. The van der Waals surface area contributed by atoms with E-state index in [2.05, 4.69) is 10.2 Å². The molecule has 2 fully saturated rings. The first-order chi connectivity index (χ1) is 10.2. The summed E-state index contributed by atoms with van der Waals surface area (Å²) >= 11 is 0. The minimum absolute atomic E-state index is 0.192. The SMILES string of the molecule is O=C(NC1CCCN(Cc2ccc(F)cc2)C1)C1CCC1. The summed E-state index contributed by atoms with van der Waals surface area (Å²) in [7, 11) is 0. The maximum atomic E-state index is 12.9. The van der Waals surface area contributed by atoms with E-state index in [0.29, 0.717) is 0 Å². The van der Waals surface area contributed by atoms with Gasteiger partial charge in [0.05, 0.1) is 0 Å². The highest BCUT2D eigenvalue weighted by atomic mass is 19.1. The van der Waals surface area contributed by atoms with Crippen LogP contribution < -0.4 is 5.32 Å². The van der Waals surface area contributed by atoms with Crippen LogP contribution in [0.2, 0.25) is 0 Å². The molecule has 1 saturated heterocycles. The highest BCUT2D eigenvalue weighted by molar-refractivity contribution is 5.79. The summed E-state index contributed by atoms with van der Waals surface area (Å²) in [5, 5.41) is 3.21. The van der Waals surface area contributed by atoms with Crippen molar-refractivity contribution in [2.45, 2.75) is 44.7 Å². The number of piperidine rings is 1. The molecule has 0 spiro atoms. The van der Waals surface area contributed by atoms with Gasteiger partial charge in [-0.3, -0.25) is 9.69 Å². The molecule has 0 bridgehead atoms. The zero-order valence-electron chi connectivity index (χ0n) is 12.4. The Balaban J connectivity index is 1.50. The third kappa shape index (κ3) is 3.82. The molecule has 1 aromatic rings. The zero-order chi connectivity index (χ0) is 14.7. The third-order valence-corrected chi connectivity index (χ3v) is 4.65. The quantitative estimate of drug-likeness (QED) is 0.924. The normalized spacial score (nSPS) is 23.6. The van der Waals surface area contributed by atoms with Crippen LogP contribution in [-0.2, 0) is 11.3 Å². The first-order valence-electron chi connectivity index (χ1n) is 7.98. The summed E-state index contributed by atoms with van der Waals surface area (Å²) in [4.78, 5) is 14.4. The number of amides is 1. The van der Waals surface area contributed by atoms with Crippen LogP contribution in [0.15, 0.2) is 24.3 Å². The molecule has 21 heavy (non-hydrogen) atoms. The molecule has 1 saturated carbocycles. The van der Waals surface area contributed by atoms with Crippen molar-refractivity contribution in [3.63, 3.8) is 0 Å². The maximum Gasteiger partial charge on any atom is 0.223 e. The Kier molecular flexibility index (Phi) is 4.54. The minimum Gasteiger partial charge on any atom is -0.352 e. The molecule has 3 rings (SSSR count). The Labute approximate surface area is 125 Å². The number of carbonyl (C=O) groups is 1. The summed E-state index contributed by atoms with van der Waals surface area (Å²) < 4.78 is 12.9. The molecule has 1 N–H and O–H groups in total. The number of hydrogen-bond donors (Lipinski definition) is 1. The van der Waals surface area contributed by atoms with Gasteiger partial charge in [-0.15, -0.1) is 0 Å². The van der Waals surface area contributed by atoms with Gasteiger partial charge in [-0.1, -0.05) is 18.6 Å². The largest absolute Gasteiger partial charge is 0.352 e. The number of nitrogens with one attached hydrogen (secondary N) is 1. The van der Waals surface area contributed by atoms with Gasteiger partial charge < -0.3 is 5.32 Å². The standard InChI is InChI=1S/C17H23FN2O/c18-15-8-6-13(7-9-15)11-20-10-2-5-16(12-20)19-17(21)14-3-1-4-14/h6-9,14,16H,1-5,10-12H2,(H,19,21). The highest BCUT2D eigenvalue weighted by Gasteiger charge is 2.28. The molecule has 1 unspecified atom stereocenters. The Morgan fingerprint density at radius 2 is 1.95 bits per heavy atom. The fourth-order valence-corrected chi connectivity index (χ4v) is 3.15. The second-order valence-corrected chi connectivity index (χ2v) is 6.34. The van der Waals surface area contributed by atoms with Gasteiger partial charge in [0.25, 0.3) is 0 Å². The zero-order valence-corrected chi connectivity index (χ0v) is 12.4. The first kappa shape index (κ1) is 14.5. The van der Waals surface area contributed by atoms with E-state index in [1.165, 1.54) is 18.6 Å². The van der Waals surface area contributed by atoms with Crippen molar-refractivity contribution in [1.29, 1.82) is 0 Å². The lowest BCUT2D eigenvalue weighted by molar-refractivity contribution is -0.128. The summed E-state index contributed by atoms with van der Waals surface area (Å²) in [5.74, 6) is 0.315. The average Bonchev–Trinajstić information content (AvgIpc) is 2.40. The molecule has 114 valence electrons. The van der Waals surface area contributed by atoms with Gasteiger partial charge in [-0.25, -0.2) is 4.39 Å². The number of carbonyl (C=O) groups excluding carboxylic acids is 1. The van der Waals surface area contributed by atoms with E-state index >= 15 is 0 Å². The van der Waals surface area contributed by atoms with Crippen LogP contribution in [0.1, 0.15) is 37.7 Å². The van der Waals surface area contributed by atoms with E-state index in [1.54, 1.807) is 0 Å². The van der Waals surface area contributed by atoms with E-state index in [9.17, 15) is 9.18 Å². The van der Waals surface area contributed by atoms with Crippen molar-refractivity contribution in [2.24, 2.45) is 5.92 Å². The summed E-state index contributed by atoms with van der Waals surface area (Å²) in [6.45, 7) is 2.78. The van der Waals surface area contributed by atoms with E-state index in [1.807, 2.05) is 12.1 Å². The molecule has 0 aromatic heterocycles. The Bertz CT molecular complexity index is 484. The molecule has 1 atom stereocenters. The van der Waals surface area contributed by atoms with Gasteiger partial charge in [0.1, 0.15) is 5.82 Å². The van der Waals surface area contributed by atoms with Crippen LogP contribution in [0.4, 0.5) is 4.39 Å². The summed E-state index contributed by atoms with van der Waals surface area (Å²) in [6, 6.07) is 6.97. The van der Waals surface area contributed by atoms with E-state index < -0.39 is 0 Å². The molecule has 1 aliphatic carbocycles. The number of hydrogen-bond acceptors (Lipinski definition) is 2. The summed E-state index contributed by atoms with van der Waals surface area (Å²) in [6.07, 6.45) is 5.48. The predicted molar refractivity (Wildman–Crippen MR) is 80.2 cm³/mol. The predicted octanol–water partition coefficient (Wildman–Crippen LogP) is 2.71. The van der Waals surface area contributed by atoms with Crippen LogP contribution in [0.3, 0.4) is 0 Å². The van der Waals surface area contributed by atoms with Gasteiger partial charge in [0.15, 0.2) is 0 Å². The molecule has 2 aliphatic rings. The molecule has 1 heterocycles. The molecule has 1 aromatic carbocycles. The highest BCUT2D eigenvalue weighted by Crippen LogP contribution is 2.26. The van der Waals surface area contributed by atoms with Crippen LogP contribution in [0, 0.1) is 11.7 Å². The Morgan fingerprint density at radius 1 is 1.19 bits per heavy atom. The topological polar surface area (TPSA) is 32.3 Å². The van der Waals surface area contributed by atoms with Gasteiger partial charge >= 0.3 is 0 Å². The second kappa shape index (κ2) is 6.56. The molecule has 4 heteroatoms. The van der Waals surface area contributed by atoms with Crippen LogP contribution in [-0.4, -0.2) is 29.9 Å². The minimum atomic E-state index is -0.192. The number of nitrogens with zero attached hydrogens (tertiary/aromatic N) is 1. The Hall–Kier alpha value is -1.42. The molecular formula is C17H23FN2O. The van der Waals surface area contributed by atoms with Crippen molar-refractivity contribution in [2.75, 3.05) is 13.1 Å². The molecule has 3 nitrogen and oxygen atoms in total. The maximum absolute atomic E-state index is 12.9. The van der Waals surface area contributed by atoms with E-state index in [-0.39, 0.29) is 23.7 Å². The number of halogens is 1. The van der Waals surface area contributed by atoms with Crippen LogP contribution >= 0.6 is 0 Å². The lowest BCUT2D eigenvalue weighted by atomic mass is 9.84. The van der Waals surface area contributed by atoms with Crippen molar-refractivity contribution < 1.29 is 9.18 Å². The molecule has 1 aliphatic heterocycles. The fraction of sp³-hybridized carbons (Fsp3) is 0.588. The van der Waals surface area contributed by atoms with Crippen molar-refractivity contribution in [1.82, 2.24) is 10.2 Å². The molecule has 1 amide bonds. The van der Waals surface area contributed by atoms with E-state index in [4.69, 9.17) is 0 Å². The number of benzene rings is 1. The van der Waals surface area contributed by atoms with Gasteiger partial charge in [-0.05, 0) is 49.9 Å². The Morgan fingerprint density at radius 3 is 2.62 bits per heavy atom. The first-order valence-corrected chi connectivity index (χ1v) is 7.98. The van der Waals surface area contributed by atoms with Crippen LogP contribution in [0.25, 0.3) is 0 Å². The van der Waals surface area contributed by atoms with Crippen molar-refractivity contribution in [3.8, 4) is 0 Å². The lowest BCUT2D eigenvalue weighted by Crippen LogP contribution is -2.49. The fourth-order valence-electron chi connectivity index (χ4n) is 3.15. The average molecular weight is 290 g/mol. The van der Waals surface area contributed by atoms with Gasteiger partial charge in [0, 0.05) is 25.0 Å². The molecule has 0 radical (unpaired) electrons. The summed E-state index contributed by atoms with van der Waals surface area (Å²) in [5.41, 5.74) is 1.13. The lowest BCUT2D eigenvalue weighted by Gasteiger charge is -2.35. The smallest absolute Gasteiger partial charge is 0.223 e. The van der Waals surface area contributed by atoms with Crippen LogP contribution in [0.5, 0.6) is 0 Å². The van der Waals surface area contributed by atoms with Crippen molar-refractivity contribution in [3.05, 3.63) is 35.6 Å². The van der Waals surface area contributed by atoms with Crippen molar-refractivity contribution >= 4 is 5.91 Å². The molecular weight excluding hydrogens is 267 g/mol. The van der Waals surface area contributed by atoms with E-state index in [0.717, 1.165) is 50.9 Å². The monoisotopic (exact) mass is 290 g/mol. The number of rotatable bonds is 4. The second-order valence-electron chi connectivity index (χ2n) is 6.34. The van der Waals surface area contributed by atoms with Gasteiger partial charge in [0.2, 0.25) is 5.91 Å².